The third kappa shape index (κ3) is 9.73. The highest BCUT2D eigenvalue weighted by molar-refractivity contribution is 5.76. The summed E-state index contributed by atoms with van der Waals surface area (Å²) in [5, 5.41) is 9.00. The molecule has 184 valence electrons. The molecule has 7 nitrogen and oxygen atoms in total. The zero-order valence-corrected chi connectivity index (χ0v) is 20.1. The van der Waals surface area contributed by atoms with E-state index in [1.165, 1.54) is 12.8 Å². The fourth-order valence-electron chi connectivity index (χ4n) is 3.94. The van der Waals surface area contributed by atoms with E-state index in [1.807, 2.05) is 61.5 Å². The summed E-state index contributed by atoms with van der Waals surface area (Å²) in [5.41, 5.74) is 1.95. The smallest absolute Gasteiger partial charge is 0.407 e. The van der Waals surface area contributed by atoms with Crippen molar-refractivity contribution in [1.82, 2.24) is 10.6 Å². The van der Waals surface area contributed by atoms with E-state index in [9.17, 15) is 9.59 Å². The lowest BCUT2D eigenvalue weighted by Crippen LogP contribution is -2.31. The molecule has 0 saturated heterocycles. The number of carbonyl (C=O) groups is 2. The van der Waals surface area contributed by atoms with Gasteiger partial charge in [-0.15, -0.1) is 0 Å². The van der Waals surface area contributed by atoms with Gasteiger partial charge in [0.15, 0.2) is 0 Å². The predicted octanol–water partition coefficient (Wildman–Crippen LogP) is 4.88. The largest absolute Gasteiger partial charge is 0.490 e. The number of nitrogens with one attached hydrogen (secondary N) is 3. The highest BCUT2D eigenvalue weighted by Crippen LogP contribution is 2.24. The Morgan fingerprint density at radius 3 is 2.41 bits per heavy atom. The Bertz CT molecular complexity index is 867. The van der Waals surface area contributed by atoms with Crippen LogP contribution in [0, 0.1) is 5.92 Å². The van der Waals surface area contributed by atoms with Crippen LogP contribution in [0.1, 0.15) is 51.0 Å². The summed E-state index contributed by atoms with van der Waals surface area (Å²) < 4.78 is 11.2. The maximum atomic E-state index is 12.2. The highest BCUT2D eigenvalue weighted by Gasteiger charge is 2.16. The van der Waals surface area contributed by atoms with Crippen LogP contribution in [0.2, 0.25) is 0 Å². The molecule has 0 aromatic heterocycles. The Balaban J connectivity index is 1.20. The van der Waals surface area contributed by atoms with Crippen molar-refractivity contribution in [2.45, 2.75) is 58.2 Å². The van der Waals surface area contributed by atoms with Crippen molar-refractivity contribution in [1.29, 1.82) is 0 Å². The summed E-state index contributed by atoms with van der Waals surface area (Å²) in [6.45, 7) is 3.93. The van der Waals surface area contributed by atoms with Gasteiger partial charge in [0, 0.05) is 31.7 Å². The minimum absolute atomic E-state index is 0.0151. The van der Waals surface area contributed by atoms with Crippen LogP contribution in [0.15, 0.2) is 54.6 Å². The molecule has 3 rings (SSSR count). The minimum atomic E-state index is -0.440. The second-order valence-corrected chi connectivity index (χ2v) is 8.91. The van der Waals surface area contributed by atoms with Gasteiger partial charge in [-0.3, -0.25) is 4.79 Å². The first-order valence-corrected chi connectivity index (χ1v) is 12.3. The van der Waals surface area contributed by atoms with Gasteiger partial charge in [-0.1, -0.05) is 37.3 Å². The predicted molar refractivity (Wildman–Crippen MR) is 134 cm³/mol. The number of benzene rings is 2. The zero-order valence-electron chi connectivity index (χ0n) is 20.1. The Hall–Kier alpha value is -3.22. The SMILES string of the molecule is C[C@@H](CCNC(=O)OCc1ccccc1)CC(=O)NCCNc1ccc(OC2CCCC2)cc1. The third-order valence-corrected chi connectivity index (χ3v) is 5.89. The molecule has 2 aromatic rings. The molecule has 0 spiro atoms. The molecular weight excluding hydrogens is 430 g/mol. The second-order valence-electron chi connectivity index (χ2n) is 8.91. The van der Waals surface area contributed by atoms with Crippen molar-refractivity contribution in [3.05, 3.63) is 60.2 Å². The summed E-state index contributed by atoms with van der Waals surface area (Å²) in [6, 6.07) is 17.5. The van der Waals surface area contributed by atoms with Crippen molar-refractivity contribution in [3.63, 3.8) is 0 Å². The lowest BCUT2D eigenvalue weighted by molar-refractivity contribution is -0.121. The van der Waals surface area contributed by atoms with Crippen LogP contribution in [0.3, 0.4) is 0 Å². The van der Waals surface area contributed by atoms with Gasteiger partial charge >= 0.3 is 6.09 Å². The molecule has 1 aliphatic rings. The van der Waals surface area contributed by atoms with Crippen molar-refractivity contribution < 1.29 is 19.1 Å². The minimum Gasteiger partial charge on any atom is -0.490 e. The van der Waals surface area contributed by atoms with E-state index < -0.39 is 6.09 Å². The van der Waals surface area contributed by atoms with Gasteiger partial charge in [0.1, 0.15) is 12.4 Å². The molecule has 2 amide bonds. The van der Waals surface area contributed by atoms with E-state index >= 15 is 0 Å². The fourth-order valence-corrected chi connectivity index (χ4v) is 3.94. The van der Waals surface area contributed by atoms with Gasteiger partial charge in [-0.05, 0) is 67.9 Å². The molecule has 3 N–H and O–H groups in total. The van der Waals surface area contributed by atoms with Crippen LogP contribution in [0.5, 0.6) is 5.75 Å². The van der Waals surface area contributed by atoms with Gasteiger partial charge in [0.25, 0.3) is 0 Å². The molecule has 34 heavy (non-hydrogen) atoms. The quantitative estimate of drug-likeness (QED) is 0.366. The van der Waals surface area contributed by atoms with Crippen LogP contribution in [0.4, 0.5) is 10.5 Å². The molecule has 0 aliphatic heterocycles. The topological polar surface area (TPSA) is 88.7 Å². The number of hydrogen-bond acceptors (Lipinski definition) is 5. The maximum absolute atomic E-state index is 12.2. The zero-order chi connectivity index (χ0) is 24.0. The number of anilines is 1. The number of hydrogen-bond donors (Lipinski definition) is 3. The Morgan fingerprint density at radius 1 is 0.941 bits per heavy atom. The van der Waals surface area contributed by atoms with Crippen molar-refractivity contribution in [2.24, 2.45) is 5.92 Å². The number of rotatable bonds is 13. The standard InChI is InChI=1S/C27H37N3O4/c1-21(15-16-30-27(32)33-20-22-7-3-2-4-8-22)19-26(31)29-18-17-28-23-11-13-25(14-12-23)34-24-9-5-6-10-24/h2-4,7-8,11-14,21,24,28H,5-6,9-10,15-20H2,1H3,(H,29,31)(H,30,32)/t21-/m0/s1. The van der Waals surface area contributed by atoms with E-state index in [4.69, 9.17) is 9.47 Å². The average molecular weight is 468 g/mol. The summed E-state index contributed by atoms with van der Waals surface area (Å²) in [7, 11) is 0. The van der Waals surface area contributed by atoms with Crippen molar-refractivity contribution in [3.8, 4) is 5.75 Å². The normalized spacial score (nSPS) is 14.3. The molecule has 1 atom stereocenters. The number of amides is 2. The number of alkyl carbamates (subject to hydrolysis) is 1. The van der Waals surface area contributed by atoms with Crippen molar-refractivity contribution >= 4 is 17.7 Å². The van der Waals surface area contributed by atoms with Crippen LogP contribution in [-0.4, -0.2) is 37.7 Å². The molecular formula is C27H37N3O4. The lowest BCUT2D eigenvalue weighted by Gasteiger charge is -2.14. The first kappa shape index (κ1) is 25.4. The second kappa shape index (κ2) is 14.1. The maximum Gasteiger partial charge on any atom is 0.407 e. The van der Waals surface area contributed by atoms with Gasteiger partial charge in [-0.2, -0.15) is 0 Å². The molecule has 1 aliphatic carbocycles. The van der Waals surface area contributed by atoms with Crippen LogP contribution >= 0.6 is 0 Å². The van der Waals surface area contributed by atoms with E-state index in [0.29, 0.717) is 38.6 Å². The van der Waals surface area contributed by atoms with Gasteiger partial charge in [0.2, 0.25) is 5.91 Å². The Morgan fingerprint density at radius 2 is 1.68 bits per heavy atom. The third-order valence-electron chi connectivity index (χ3n) is 5.89. The Labute approximate surface area is 202 Å². The summed E-state index contributed by atoms with van der Waals surface area (Å²) >= 11 is 0. The van der Waals surface area contributed by atoms with Crippen LogP contribution < -0.4 is 20.7 Å². The molecule has 0 radical (unpaired) electrons. The Kier molecular flexibility index (Phi) is 10.6. The van der Waals surface area contributed by atoms with Gasteiger partial charge in [-0.25, -0.2) is 4.79 Å². The highest BCUT2D eigenvalue weighted by atomic mass is 16.5. The molecule has 0 bridgehead atoms. The summed E-state index contributed by atoms with van der Waals surface area (Å²) in [6.07, 6.45) is 5.87. The first-order valence-electron chi connectivity index (χ1n) is 12.3. The van der Waals surface area contributed by atoms with E-state index in [2.05, 4.69) is 16.0 Å². The number of carbonyl (C=O) groups excluding carboxylic acids is 2. The monoisotopic (exact) mass is 467 g/mol. The molecule has 7 heteroatoms. The van der Waals surface area contributed by atoms with Gasteiger partial charge < -0.3 is 25.4 Å². The average Bonchev–Trinajstić information content (AvgIpc) is 3.35. The van der Waals surface area contributed by atoms with Crippen molar-refractivity contribution in [2.75, 3.05) is 25.0 Å². The summed E-state index contributed by atoms with van der Waals surface area (Å²) in [4.78, 5) is 23.9. The molecule has 1 fully saturated rings. The van der Waals surface area contributed by atoms with Crippen LogP contribution in [-0.2, 0) is 16.1 Å². The molecule has 0 unspecified atom stereocenters. The van der Waals surface area contributed by atoms with Crippen LogP contribution in [0.25, 0.3) is 0 Å². The fraction of sp³-hybridized carbons (Fsp3) is 0.481. The first-order chi connectivity index (χ1) is 16.6. The van der Waals surface area contributed by atoms with E-state index in [0.717, 1.165) is 29.8 Å². The molecule has 2 aromatic carbocycles. The van der Waals surface area contributed by atoms with E-state index in [-0.39, 0.29) is 18.4 Å². The van der Waals surface area contributed by atoms with Gasteiger partial charge in [0.05, 0.1) is 6.10 Å². The summed E-state index contributed by atoms with van der Waals surface area (Å²) in [5.74, 6) is 1.09. The number of ether oxygens (including phenoxy) is 2. The molecule has 1 saturated carbocycles. The lowest BCUT2D eigenvalue weighted by atomic mass is 10.0. The van der Waals surface area contributed by atoms with E-state index in [1.54, 1.807) is 0 Å². The molecule has 0 heterocycles.